The highest BCUT2D eigenvalue weighted by Gasteiger charge is 2.22. The van der Waals surface area contributed by atoms with Gasteiger partial charge in [-0.25, -0.2) is 0 Å². The smallest absolute Gasteiger partial charge is 0.253 e. The minimum absolute atomic E-state index is 0.0672. The number of anilines is 1. The SMILES string of the molecule is CN(CC1CCC1)C(=O)c1ccc(N)c(Br)c1. The van der Waals surface area contributed by atoms with E-state index in [1.165, 1.54) is 19.3 Å². The minimum Gasteiger partial charge on any atom is -0.398 e. The highest BCUT2D eigenvalue weighted by Crippen LogP contribution is 2.27. The lowest BCUT2D eigenvalue weighted by molar-refractivity contribution is 0.0745. The third-order valence-corrected chi connectivity index (χ3v) is 4.04. The van der Waals surface area contributed by atoms with Crippen molar-refractivity contribution in [3.63, 3.8) is 0 Å². The number of nitrogens with zero attached hydrogens (tertiary/aromatic N) is 1. The van der Waals surface area contributed by atoms with Gasteiger partial charge in [-0.2, -0.15) is 0 Å². The molecule has 1 aromatic rings. The van der Waals surface area contributed by atoms with E-state index < -0.39 is 0 Å². The van der Waals surface area contributed by atoms with Crippen LogP contribution in [-0.2, 0) is 0 Å². The van der Waals surface area contributed by atoms with E-state index >= 15 is 0 Å². The fourth-order valence-corrected chi connectivity index (χ4v) is 2.40. The molecule has 2 N–H and O–H groups in total. The first kappa shape index (κ1) is 12.4. The first-order chi connectivity index (χ1) is 8.08. The highest BCUT2D eigenvalue weighted by molar-refractivity contribution is 9.10. The summed E-state index contributed by atoms with van der Waals surface area (Å²) in [5.74, 6) is 0.763. The van der Waals surface area contributed by atoms with Crippen LogP contribution in [0.25, 0.3) is 0 Å². The number of amides is 1. The number of nitrogens with two attached hydrogens (primary N) is 1. The molecule has 0 saturated heterocycles. The normalized spacial score (nSPS) is 15.4. The summed E-state index contributed by atoms with van der Waals surface area (Å²) >= 11 is 3.34. The quantitative estimate of drug-likeness (QED) is 0.872. The van der Waals surface area contributed by atoms with Gasteiger partial charge in [0.2, 0.25) is 0 Å². The van der Waals surface area contributed by atoms with E-state index in [-0.39, 0.29) is 5.91 Å². The zero-order chi connectivity index (χ0) is 12.4. The standard InChI is InChI=1S/C13H17BrN2O/c1-16(8-9-3-2-4-9)13(17)10-5-6-12(15)11(14)7-10/h5-7,9H,2-4,8,15H2,1H3. The lowest BCUT2D eigenvalue weighted by Crippen LogP contribution is -2.34. The van der Waals surface area contributed by atoms with Crippen molar-refractivity contribution in [2.45, 2.75) is 19.3 Å². The number of carbonyl (C=O) groups excluding carboxylic acids is 1. The second-order valence-electron chi connectivity index (χ2n) is 4.72. The molecule has 0 aliphatic heterocycles. The molecule has 2 rings (SSSR count). The van der Waals surface area contributed by atoms with Crippen molar-refractivity contribution in [1.29, 1.82) is 0 Å². The third kappa shape index (κ3) is 2.80. The molecule has 3 nitrogen and oxygen atoms in total. The molecule has 4 heteroatoms. The second kappa shape index (κ2) is 5.08. The number of hydrogen-bond donors (Lipinski definition) is 1. The average Bonchev–Trinajstić information content (AvgIpc) is 2.26. The number of rotatable bonds is 3. The molecule has 0 aromatic heterocycles. The molecular formula is C13H17BrN2O. The van der Waals surface area contributed by atoms with Crippen LogP contribution in [-0.4, -0.2) is 24.4 Å². The van der Waals surface area contributed by atoms with Gasteiger partial charge in [-0.05, 0) is 52.9 Å². The minimum atomic E-state index is 0.0672. The summed E-state index contributed by atoms with van der Waals surface area (Å²) in [6, 6.07) is 5.32. The van der Waals surface area contributed by atoms with Crippen molar-refractivity contribution >= 4 is 27.5 Å². The summed E-state index contributed by atoms with van der Waals surface area (Å²) in [6.07, 6.45) is 3.81. The van der Waals surface area contributed by atoms with Gasteiger partial charge < -0.3 is 10.6 Å². The van der Waals surface area contributed by atoms with Crippen LogP contribution in [0, 0.1) is 5.92 Å². The van der Waals surface area contributed by atoms with Crippen molar-refractivity contribution in [3.8, 4) is 0 Å². The summed E-state index contributed by atoms with van der Waals surface area (Å²) in [7, 11) is 1.87. The Hall–Kier alpha value is -1.03. The van der Waals surface area contributed by atoms with Crippen LogP contribution in [0.1, 0.15) is 29.6 Å². The summed E-state index contributed by atoms with van der Waals surface area (Å²) < 4.78 is 0.778. The van der Waals surface area contributed by atoms with Gasteiger partial charge in [-0.1, -0.05) is 6.42 Å². The third-order valence-electron chi connectivity index (χ3n) is 3.35. The Balaban J connectivity index is 2.04. The van der Waals surface area contributed by atoms with Crippen LogP contribution in [0.4, 0.5) is 5.69 Å². The average molecular weight is 297 g/mol. The maximum atomic E-state index is 12.1. The lowest BCUT2D eigenvalue weighted by atomic mass is 9.85. The van der Waals surface area contributed by atoms with Crippen molar-refractivity contribution < 1.29 is 4.79 Å². The van der Waals surface area contributed by atoms with Gasteiger partial charge in [-0.3, -0.25) is 4.79 Å². The number of halogens is 1. The van der Waals surface area contributed by atoms with E-state index in [1.54, 1.807) is 18.2 Å². The number of hydrogen-bond acceptors (Lipinski definition) is 2. The first-order valence-electron chi connectivity index (χ1n) is 5.88. The predicted octanol–water partition coefficient (Wildman–Crippen LogP) is 2.90. The Morgan fingerprint density at radius 3 is 2.76 bits per heavy atom. The molecule has 1 saturated carbocycles. The molecule has 92 valence electrons. The topological polar surface area (TPSA) is 46.3 Å². The van der Waals surface area contributed by atoms with Crippen molar-refractivity contribution in [3.05, 3.63) is 28.2 Å². The molecule has 0 unspecified atom stereocenters. The zero-order valence-corrected chi connectivity index (χ0v) is 11.5. The molecule has 0 spiro atoms. The van der Waals surface area contributed by atoms with E-state index in [4.69, 9.17) is 5.73 Å². The van der Waals surface area contributed by atoms with Crippen molar-refractivity contribution in [2.75, 3.05) is 19.3 Å². The largest absolute Gasteiger partial charge is 0.398 e. The molecule has 0 bridgehead atoms. The van der Waals surface area contributed by atoms with Crippen molar-refractivity contribution in [2.24, 2.45) is 5.92 Å². The molecule has 1 amide bonds. The number of nitrogen functional groups attached to an aromatic ring is 1. The second-order valence-corrected chi connectivity index (χ2v) is 5.57. The fourth-order valence-electron chi connectivity index (χ4n) is 2.03. The van der Waals surface area contributed by atoms with Crippen LogP contribution in [0.3, 0.4) is 0 Å². The van der Waals surface area contributed by atoms with Crippen LogP contribution in [0.5, 0.6) is 0 Å². The maximum Gasteiger partial charge on any atom is 0.253 e. The van der Waals surface area contributed by atoms with E-state index in [0.717, 1.165) is 11.0 Å². The molecule has 1 aliphatic rings. The monoisotopic (exact) mass is 296 g/mol. The number of benzene rings is 1. The van der Waals surface area contributed by atoms with E-state index in [2.05, 4.69) is 15.9 Å². The molecule has 1 fully saturated rings. The lowest BCUT2D eigenvalue weighted by Gasteiger charge is -2.30. The molecule has 0 radical (unpaired) electrons. The predicted molar refractivity (Wildman–Crippen MR) is 72.9 cm³/mol. The summed E-state index contributed by atoms with van der Waals surface area (Å²) in [5, 5.41) is 0. The highest BCUT2D eigenvalue weighted by atomic mass is 79.9. The Labute approximate surface area is 110 Å². The van der Waals surface area contributed by atoms with Gasteiger partial charge in [0, 0.05) is 29.3 Å². The van der Waals surface area contributed by atoms with Crippen LogP contribution >= 0.6 is 15.9 Å². The van der Waals surface area contributed by atoms with Crippen LogP contribution in [0.15, 0.2) is 22.7 Å². The maximum absolute atomic E-state index is 12.1. The molecule has 17 heavy (non-hydrogen) atoms. The molecule has 1 aromatic carbocycles. The molecular weight excluding hydrogens is 280 g/mol. The van der Waals surface area contributed by atoms with E-state index in [0.29, 0.717) is 17.2 Å². The Morgan fingerprint density at radius 1 is 1.53 bits per heavy atom. The Morgan fingerprint density at radius 2 is 2.24 bits per heavy atom. The zero-order valence-electron chi connectivity index (χ0n) is 9.95. The Kier molecular flexibility index (Phi) is 3.72. The summed E-state index contributed by atoms with van der Waals surface area (Å²) in [5.41, 5.74) is 7.05. The molecule has 0 atom stereocenters. The first-order valence-corrected chi connectivity index (χ1v) is 6.67. The fraction of sp³-hybridized carbons (Fsp3) is 0.462. The van der Waals surface area contributed by atoms with Crippen LogP contribution in [0.2, 0.25) is 0 Å². The van der Waals surface area contributed by atoms with Gasteiger partial charge in [0.25, 0.3) is 5.91 Å². The molecule has 0 heterocycles. The van der Waals surface area contributed by atoms with E-state index in [9.17, 15) is 4.79 Å². The van der Waals surface area contributed by atoms with Gasteiger partial charge >= 0.3 is 0 Å². The van der Waals surface area contributed by atoms with Gasteiger partial charge in [-0.15, -0.1) is 0 Å². The Bertz CT molecular complexity index is 429. The van der Waals surface area contributed by atoms with Gasteiger partial charge in [0.05, 0.1) is 0 Å². The van der Waals surface area contributed by atoms with Gasteiger partial charge in [0.1, 0.15) is 0 Å². The van der Waals surface area contributed by atoms with E-state index in [1.807, 2.05) is 11.9 Å². The summed E-state index contributed by atoms with van der Waals surface area (Å²) in [6.45, 7) is 0.862. The number of carbonyl (C=O) groups is 1. The van der Waals surface area contributed by atoms with Gasteiger partial charge in [0.15, 0.2) is 0 Å². The molecule has 1 aliphatic carbocycles. The summed E-state index contributed by atoms with van der Waals surface area (Å²) in [4.78, 5) is 14.0. The van der Waals surface area contributed by atoms with Crippen LogP contribution < -0.4 is 5.73 Å². The van der Waals surface area contributed by atoms with Crippen molar-refractivity contribution in [1.82, 2.24) is 4.90 Å².